The molecular formula is C70H138N2O6P+. The van der Waals surface area contributed by atoms with Crippen LogP contribution in [0.15, 0.2) is 36.5 Å². The van der Waals surface area contributed by atoms with Gasteiger partial charge in [-0.05, 0) is 51.4 Å². The van der Waals surface area contributed by atoms with Crippen LogP contribution in [0.2, 0.25) is 0 Å². The predicted octanol–water partition coefficient (Wildman–Crippen LogP) is 22.1. The zero-order valence-electron chi connectivity index (χ0n) is 53.6. The zero-order chi connectivity index (χ0) is 57.7. The molecule has 79 heavy (non-hydrogen) atoms. The van der Waals surface area contributed by atoms with Crippen molar-refractivity contribution in [1.82, 2.24) is 5.32 Å². The number of carbonyl (C=O) groups excluding carboxylic acids is 1. The maximum Gasteiger partial charge on any atom is 0.472 e. The van der Waals surface area contributed by atoms with Crippen LogP contribution in [0, 0.1) is 0 Å². The highest BCUT2D eigenvalue weighted by Gasteiger charge is 2.28. The Morgan fingerprint density at radius 3 is 1.04 bits per heavy atom. The van der Waals surface area contributed by atoms with Crippen molar-refractivity contribution in [2.24, 2.45) is 0 Å². The molecule has 3 atom stereocenters. The molecule has 0 spiro atoms. The lowest BCUT2D eigenvalue weighted by molar-refractivity contribution is -0.870. The van der Waals surface area contributed by atoms with E-state index in [-0.39, 0.29) is 19.1 Å². The van der Waals surface area contributed by atoms with E-state index in [0.717, 1.165) is 38.5 Å². The summed E-state index contributed by atoms with van der Waals surface area (Å²) in [4.78, 5) is 23.4. The predicted molar refractivity (Wildman–Crippen MR) is 346 cm³/mol. The number of phosphoric acid groups is 1. The van der Waals surface area contributed by atoms with Crippen LogP contribution in [-0.4, -0.2) is 73.4 Å². The molecule has 0 bridgehead atoms. The number of quaternary nitrogens is 1. The summed E-state index contributed by atoms with van der Waals surface area (Å²) in [5.74, 6) is -0.169. The van der Waals surface area contributed by atoms with Crippen molar-refractivity contribution in [3.63, 3.8) is 0 Å². The van der Waals surface area contributed by atoms with E-state index >= 15 is 0 Å². The van der Waals surface area contributed by atoms with E-state index in [2.05, 4.69) is 43.5 Å². The van der Waals surface area contributed by atoms with Crippen molar-refractivity contribution in [3.8, 4) is 0 Å². The number of hydrogen-bond acceptors (Lipinski definition) is 5. The minimum atomic E-state index is -4.35. The standard InChI is InChI=1S/C70H137N2O6P/c1-6-8-10-12-14-16-18-20-22-24-26-28-30-31-32-33-34-35-36-37-38-39-40-41-42-44-46-48-50-52-54-56-58-60-62-64-70(74)71-68(67-78-79(75,76)77-66-65-72(3,4)5)69(73)63-61-59-57-55-53-51-49-47-45-43-29-27-25-23-21-19-17-15-13-11-9-7-2/h18,20,24,26,61,63,68-69,73H,6-17,19,21-23,25,27-60,62,64-67H2,1-5H3,(H-,71,74,75,76)/p+1/b20-18-,26-24-,63-61+. The number of aliphatic hydroxyl groups is 1. The molecule has 9 heteroatoms. The van der Waals surface area contributed by atoms with Gasteiger partial charge in [-0.15, -0.1) is 0 Å². The van der Waals surface area contributed by atoms with Crippen LogP contribution < -0.4 is 5.32 Å². The fourth-order valence-corrected chi connectivity index (χ4v) is 11.4. The molecule has 0 saturated carbocycles. The van der Waals surface area contributed by atoms with Gasteiger partial charge in [0.05, 0.1) is 39.9 Å². The monoisotopic (exact) mass is 1130 g/mol. The maximum atomic E-state index is 13.0. The number of amides is 1. The average molecular weight is 1130 g/mol. The van der Waals surface area contributed by atoms with E-state index < -0.39 is 20.0 Å². The van der Waals surface area contributed by atoms with E-state index in [0.29, 0.717) is 17.4 Å². The number of nitrogens with one attached hydrogen (secondary N) is 1. The van der Waals surface area contributed by atoms with Crippen LogP contribution in [0.25, 0.3) is 0 Å². The molecule has 0 heterocycles. The molecule has 0 radical (unpaired) electrons. The summed E-state index contributed by atoms with van der Waals surface area (Å²) in [5, 5.41) is 14.0. The van der Waals surface area contributed by atoms with Gasteiger partial charge in [0.15, 0.2) is 0 Å². The number of nitrogens with zero attached hydrogens (tertiary/aromatic N) is 1. The fraction of sp³-hybridized carbons (Fsp3) is 0.900. The summed E-state index contributed by atoms with van der Waals surface area (Å²) in [5.41, 5.74) is 0. The number of likely N-dealkylation sites (N-methyl/N-ethyl adjacent to an activating group) is 1. The lowest BCUT2D eigenvalue weighted by Gasteiger charge is -2.25. The minimum absolute atomic E-state index is 0.0639. The number of allylic oxidation sites excluding steroid dienone is 5. The van der Waals surface area contributed by atoms with Crippen molar-refractivity contribution in [2.45, 2.75) is 366 Å². The lowest BCUT2D eigenvalue weighted by atomic mass is 10.0. The van der Waals surface area contributed by atoms with Gasteiger partial charge in [0.2, 0.25) is 5.91 Å². The average Bonchev–Trinajstić information content (AvgIpc) is 3.42. The molecule has 3 N–H and O–H groups in total. The van der Waals surface area contributed by atoms with Gasteiger partial charge in [-0.1, -0.05) is 333 Å². The van der Waals surface area contributed by atoms with E-state index in [1.165, 1.54) is 295 Å². The molecular weight excluding hydrogens is 996 g/mol. The first kappa shape index (κ1) is 77.7. The van der Waals surface area contributed by atoms with Crippen LogP contribution in [0.1, 0.15) is 354 Å². The minimum Gasteiger partial charge on any atom is -0.387 e. The number of aliphatic hydroxyl groups excluding tert-OH is 1. The number of hydrogen-bond donors (Lipinski definition) is 3. The maximum absolute atomic E-state index is 13.0. The van der Waals surface area contributed by atoms with Gasteiger partial charge in [0, 0.05) is 6.42 Å². The first-order valence-corrected chi connectivity index (χ1v) is 36.4. The van der Waals surface area contributed by atoms with Crippen LogP contribution in [0.4, 0.5) is 0 Å². The summed E-state index contributed by atoms with van der Waals surface area (Å²) < 4.78 is 23.8. The SMILES string of the molecule is CCCCCCC/C=C\C/C=C\CCCCCCCCCCCCCCCCCCCCCCCCCC(=O)NC(COP(=O)(O)OCC[N+](C)(C)C)C(O)/C=C/CCCCCCCCCCCCCCCCCCCCCC. The van der Waals surface area contributed by atoms with Gasteiger partial charge < -0.3 is 19.8 Å². The van der Waals surface area contributed by atoms with Crippen molar-refractivity contribution in [3.05, 3.63) is 36.5 Å². The second-order valence-electron chi connectivity index (χ2n) is 25.3. The highest BCUT2D eigenvalue weighted by atomic mass is 31.2. The van der Waals surface area contributed by atoms with Crippen molar-refractivity contribution < 1.29 is 32.9 Å². The smallest absolute Gasteiger partial charge is 0.387 e. The Hall–Kier alpha value is -1.28. The Bertz CT molecular complexity index is 1380. The molecule has 0 saturated heterocycles. The number of carbonyl (C=O) groups is 1. The van der Waals surface area contributed by atoms with Crippen molar-refractivity contribution in [2.75, 3.05) is 40.9 Å². The normalized spacial score (nSPS) is 13.9. The first-order valence-electron chi connectivity index (χ1n) is 34.9. The summed E-state index contributed by atoms with van der Waals surface area (Å²) >= 11 is 0. The molecule has 3 unspecified atom stereocenters. The van der Waals surface area contributed by atoms with Gasteiger partial charge in [-0.25, -0.2) is 4.57 Å². The highest BCUT2D eigenvalue weighted by Crippen LogP contribution is 2.43. The van der Waals surface area contributed by atoms with Gasteiger partial charge in [-0.2, -0.15) is 0 Å². The van der Waals surface area contributed by atoms with Crippen LogP contribution in [0.3, 0.4) is 0 Å². The van der Waals surface area contributed by atoms with E-state index in [1.54, 1.807) is 6.08 Å². The molecule has 0 fully saturated rings. The van der Waals surface area contributed by atoms with Crippen molar-refractivity contribution >= 4 is 13.7 Å². The van der Waals surface area contributed by atoms with Crippen LogP contribution >= 0.6 is 7.82 Å². The molecule has 0 aromatic rings. The first-order chi connectivity index (χ1) is 38.5. The summed E-state index contributed by atoms with van der Waals surface area (Å²) in [6.45, 7) is 4.86. The third-order valence-corrected chi connectivity index (χ3v) is 17.1. The molecule has 0 rings (SSSR count). The third-order valence-electron chi connectivity index (χ3n) is 16.1. The van der Waals surface area contributed by atoms with Crippen molar-refractivity contribution in [1.29, 1.82) is 0 Å². The molecule has 0 aliphatic carbocycles. The van der Waals surface area contributed by atoms with E-state index in [1.807, 2.05) is 27.2 Å². The Morgan fingerprint density at radius 1 is 0.430 bits per heavy atom. The van der Waals surface area contributed by atoms with E-state index in [4.69, 9.17) is 9.05 Å². The summed E-state index contributed by atoms with van der Waals surface area (Å²) in [6, 6.07) is -0.845. The van der Waals surface area contributed by atoms with Gasteiger partial charge in [-0.3, -0.25) is 13.8 Å². The van der Waals surface area contributed by atoms with Crippen LogP contribution in [0.5, 0.6) is 0 Å². The third kappa shape index (κ3) is 64.1. The second kappa shape index (κ2) is 61.3. The molecule has 0 aliphatic heterocycles. The molecule has 0 aromatic carbocycles. The Balaban J connectivity index is 3.99. The quantitative estimate of drug-likeness (QED) is 0.0243. The fourth-order valence-electron chi connectivity index (χ4n) is 10.7. The topological polar surface area (TPSA) is 105 Å². The molecule has 0 aromatic heterocycles. The molecule has 8 nitrogen and oxygen atoms in total. The Labute approximate surface area is 493 Å². The highest BCUT2D eigenvalue weighted by molar-refractivity contribution is 7.47. The number of unbranched alkanes of at least 4 members (excludes halogenated alkanes) is 48. The Morgan fingerprint density at radius 2 is 0.722 bits per heavy atom. The van der Waals surface area contributed by atoms with E-state index in [9.17, 15) is 19.4 Å². The second-order valence-corrected chi connectivity index (χ2v) is 26.7. The number of rotatable bonds is 65. The van der Waals surface area contributed by atoms with Gasteiger partial charge >= 0.3 is 7.82 Å². The molecule has 468 valence electrons. The van der Waals surface area contributed by atoms with Gasteiger partial charge in [0.1, 0.15) is 13.2 Å². The zero-order valence-corrected chi connectivity index (χ0v) is 54.5. The number of phosphoric ester groups is 1. The Kier molecular flexibility index (Phi) is 60.3. The molecule has 1 amide bonds. The van der Waals surface area contributed by atoms with Gasteiger partial charge in [0.25, 0.3) is 0 Å². The van der Waals surface area contributed by atoms with Crippen LogP contribution in [-0.2, 0) is 18.4 Å². The lowest BCUT2D eigenvalue weighted by Crippen LogP contribution is -2.45. The summed E-state index contributed by atoms with van der Waals surface area (Å²) in [7, 11) is 1.59. The largest absolute Gasteiger partial charge is 0.472 e. The molecule has 0 aliphatic rings. The summed E-state index contributed by atoms with van der Waals surface area (Å²) in [6.07, 6.45) is 81.5.